The zero-order valence-corrected chi connectivity index (χ0v) is 10.9. The Hall–Kier alpha value is -0.870. The van der Waals surface area contributed by atoms with Crippen molar-refractivity contribution in [2.75, 3.05) is 16.8 Å². The first-order valence-corrected chi connectivity index (χ1v) is 7.07. The number of carboxylic acid groups (broad SMARTS) is 1. The van der Waals surface area contributed by atoms with Gasteiger partial charge in [0.05, 0.1) is 11.3 Å². The molecule has 0 spiro atoms. The van der Waals surface area contributed by atoms with E-state index in [-0.39, 0.29) is 5.56 Å². The van der Waals surface area contributed by atoms with Gasteiger partial charge in [0.2, 0.25) is 0 Å². The van der Waals surface area contributed by atoms with E-state index in [1.807, 2.05) is 11.8 Å². The fourth-order valence-electron chi connectivity index (χ4n) is 1.88. The molecule has 0 unspecified atom stereocenters. The minimum Gasteiger partial charge on any atom is -0.478 e. The Balaban J connectivity index is 2.17. The molecule has 0 aromatic heterocycles. The number of hydrogen-bond donors (Lipinski definition) is 2. The maximum atomic E-state index is 11.1. The Kier molecular flexibility index (Phi) is 4.18. The van der Waals surface area contributed by atoms with Crippen molar-refractivity contribution in [2.45, 2.75) is 18.9 Å². The SMILES string of the molecule is O=C(O)c1ccc(Cl)cc1NC1CCSCC1. The summed E-state index contributed by atoms with van der Waals surface area (Å²) in [5.41, 5.74) is 0.912. The highest BCUT2D eigenvalue weighted by Crippen LogP contribution is 2.25. The van der Waals surface area contributed by atoms with Gasteiger partial charge in [0, 0.05) is 11.1 Å². The number of benzene rings is 1. The van der Waals surface area contributed by atoms with Crippen LogP contribution in [-0.2, 0) is 0 Å². The molecule has 0 radical (unpaired) electrons. The molecule has 5 heteroatoms. The number of anilines is 1. The summed E-state index contributed by atoms with van der Waals surface area (Å²) in [5, 5.41) is 12.9. The van der Waals surface area contributed by atoms with Gasteiger partial charge in [0.15, 0.2) is 0 Å². The van der Waals surface area contributed by atoms with Crippen LogP contribution in [0, 0.1) is 0 Å². The maximum absolute atomic E-state index is 11.1. The number of thioether (sulfide) groups is 1. The van der Waals surface area contributed by atoms with Crippen molar-refractivity contribution in [1.29, 1.82) is 0 Å². The van der Waals surface area contributed by atoms with E-state index >= 15 is 0 Å². The minimum atomic E-state index is -0.922. The highest BCUT2D eigenvalue weighted by molar-refractivity contribution is 7.99. The average molecular weight is 272 g/mol. The molecule has 0 atom stereocenters. The highest BCUT2D eigenvalue weighted by atomic mass is 35.5. The molecule has 2 rings (SSSR count). The van der Waals surface area contributed by atoms with Crippen LogP contribution in [0.5, 0.6) is 0 Å². The standard InChI is InChI=1S/C12H14ClNO2S/c13-8-1-2-10(12(15)16)11(7-8)14-9-3-5-17-6-4-9/h1-2,7,9,14H,3-6H2,(H,15,16). The molecule has 1 heterocycles. The van der Waals surface area contributed by atoms with Crippen molar-refractivity contribution >= 4 is 35.0 Å². The molecule has 92 valence electrons. The fourth-order valence-corrected chi connectivity index (χ4v) is 3.16. The summed E-state index contributed by atoms with van der Waals surface area (Å²) in [7, 11) is 0. The summed E-state index contributed by atoms with van der Waals surface area (Å²) in [6.07, 6.45) is 2.13. The van der Waals surface area contributed by atoms with Gasteiger partial charge in [-0.25, -0.2) is 4.79 Å². The molecule has 1 fully saturated rings. The quantitative estimate of drug-likeness (QED) is 0.885. The second-order valence-electron chi connectivity index (χ2n) is 4.03. The van der Waals surface area contributed by atoms with Gasteiger partial charge in [-0.1, -0.05) is 11.6 Å². The summed E-state index contributed by atoms with van der Waals surface area (Å²) in [5.74, 6) is 1.33. The second-order valence-corrected chi connectivity index (χ2v) is 5.69. The van der Waals surface area contributed by atoms with Crippen molar-refractivity contribution in [1.82, 2.24) is 0 Å². The lowest BCUT2D eigenvalue weighted by molar-refractivity contribution is 0.0698. The molecule has 1 aromatic rings. The predicted molar refractivity (Wildman–Crippen MR) is 72.4 cm³/mol. The van der Waals surface area contributed by atoms with Gasteiger partial charge in [0.25, 0.3) is 0 Å². The van der Waals surface area contributed by atoms with Crippen LogP contribution >= 0.6 is 23.4 Å². The molecule has 0 aliphatic carbocycles. The first-order chi connectivity index (χ1) is 8.16. The molecule has 0 bridgehead atoms. The minimum absolute atomic E-state index is 0.285. The summed E-state index contributed by atoms with van der Waals surface area (Å²) in [6.45, 7) is 0. The van der Waals surface area contributed by atoms with Gasteiger partial charge >= 0.3 is 5.97 Å². The van der Waals surface area contributed by atoms with Crippen LogP contribution in [-0.4, -0.2) is 28.6 Å². The largest absolute Gasteiger partial charge is 0.478 e. The number of halogens is 1. The Labute approximate surface area is 110 Å². The summed E-state index contributed by atoms with van der Waals surface area (Å²) >= 11 is 7.84. The topological polar surface area (TPSA) is 49.3 Å². The van der Waals surface area contributed by atoms with E-state index in [0.29, 0.717) is 16.8 Å². The number of rotatable bonds is 3. The number of carbonyl (C=O) groups is 1. The molecule has 1 aliphatic rings. The third-order valence-corrected chi connectivity index (χ3v) is 4.08. The monoisotopic (exact) mass is 271 g/mol. The normalized spacial score (nSPS) is 16.8. The Bertz CT molecular complexity index is 419. The molecule has 1 aromatic carbocycles. The van der Waals surface area contributed by atoms with Crippen LogP contribution in [0.3, 0.4) is 0 Å². The van der Waals surface area contributed by atoms with Gasteiger partial charge in [-0.3, -0.25) is 0 Å². The van der Waals surface area contributed by atoms with Gasteiger partial charge < -0.3 is 10.4 Å². The average Bonchev–Trinajstić information content (AvgIpc) is 2.30. The van der Waals surface area contributed by atoms with Crippen molar-refractivity contribution in [3.05, 3.63) is 28.8 Å². The van der Waals surface area contributed by atoms with Crippen LogP contribution in [0.2, 0.25) is 5.02 Å². The summed E-state index contributed by atoms with van der Waals surface area (Å²) in [6, 6.07) is 5.19. The van der Waals surface area contributed by atoms with E-state index in [4.69, 9.17) is 16.7 Å². The van der Waals surface area contributed by atoms with Crippen molar-refractivity contribution in [2.24, 2.45) is 0 Å². The third-order valence-electron chi connectivity index (χ3n) is 2.79. The zero-order valence-electron chi connectivity index (χ0n) is 9.28. The molecular weight excluding hydrogens is 258 g/mol. The number of carboxylic acids is 1. The number of nitrogens with one attached hydrogen (secondary N) is 1. The molecule has 3 nitrogen and oxygen atoms in total. The molecular formula is C12H14ClNO2S. The smallest absolute Gasteiger partial charge is 0.337 e. The van der Waals surface area contributed by atoms with E-state index in [1.54, 1.807) is 18.2 Å². The van der Waals surface area contributed by atoms with Gasteiger partial charge in [-0.15, -0.1) is 0 Å². The molecule has 17 heavy (non-hydrogen) atoms. The first-order valence-electron chi connectivity index (χ1n) is 5.54. The molecule has 0 amide bonds. The van der Waals surface area contributed by atoms with Crippen molar-refractivity contribution < 1.29 is 9.90 Å². The fraction of sp³-hybridized carbons (Fsp3) is 0.417. The maximum Gasteiger partial charge on any atom is 0.337 e. The predicted octanol–water partition coefficient (Wildman–Crippen LogP) is 3.35. The van der Waals surface area contributed by atoms with E-state index in [9.17, 15) is 4.79 Å². The van der Waals surface area contributed by atoms with Gasteiger partial charge in [-0.2, -0.15) is 11.8 Å². The van der Waals surface area contributed by atoms with Crippen LogP contribution in [0.1, 0.15) is 23.2 Å². The Morgan fingerprint density at radius 1 is 1.41 bits per heavy atom. The van der Waals surface area contributed by atoms with Crippen LogP contribution in [0.4, 0.5) is 5.69 Å². The van der Waals surface area contributed by atoms with Crippen LogP contribution < -0.4 is 5.32 Å². The lowest BCUT2D eigenvalue weighted by Crippen LogP contribution is -2.25. The summed E-state index contributed by atoms with van der Waals surface area (Å²) < 4.78 is 0. The van der Waals surface area contributed by atoms with Crippen molar-refractivity contribution in [3.8, 4) is 0 Å². The van der Waals surface area contributed by atoms with Crippen LogP contribution in [0.25, 0.3) is 0 Å². The second kappa shape index (κ2) is 5.65. The third kappa shape index (κ3) is 3.30. The van der Waals surface area contributed by atoms with E-state index in [2.05, 4.69) is 5.32 Å². The van der Waals surface area contributed by atoms with Crippen LogP contribution in [0.15, 0.2) is 18.2 Å². The Morgan fingerprint density at radius 3 is 2.76 bits per heavy atom. The lowest BCUT2D eigenvalue weighted by atomic mass is 10.1. The van der Waals surface area contributed by atoms with Gasteiger partial charge in [-0.05, 0) is 42.5 Å². The van der Waals surface area contributed by atoms with E-state index in [0.717, 1.165) is 24.3 Å². The van der Waals surface area contributed by atoms with E-state index in [1.165, 1.54) is 0 Å². The van der Waals surface area contributed by atoms with E-state index < -0.39 is 5.97 Å². The first kappa shape index (κ1) is 12.6. The van der Waals surface area contributed by atoms with Crippen molar-refractivity contribution in [3.63, 3.8) is 0 Å². The molecule has 1 aliphatic heterocycles. The molecule has 2 N–H and O–H groups in total. The summed E-state index contributed by atoms with van der Waals surface area (Å²) in [4.78, 5) is 11.1. The molecule has 0 saturated carbocycles. The Morgan fingerprint density at radius 2 is 2.12 bits per heavy atom. The highest BCUT2D eigenvalue weighted by Gasteiger charge is 2.17. The number of hydrogen-bond acceptors (Lipinski definition) is 3. The lowest BCUT2D eigenvalue weighted by Gasteiger charge is -2.24. The molecule has 1 saturated heterocycles. The zero-order chi connectivity index (χ0) is 12.3. The number of aromatic carboxylic acids is 1. The van der Waals surface area contributed by atoms with Gasteiger partial charge in [0.1, 0.15) is 0 Å².